The van der Waals surface area contributed by atoms with Gasteiger partial charge < -0.3 is 5.32 Å². The SMILES string of the molecule is O=C(CN1CCN(S(=O)(=O)c2ccc(F)c(Cl)c2)CC1)Nc1ccc(Cl)cn1. The number of hydrogen-bond donors (Lipinski definition) is 1. The van der Waals surface area contributed by atoms with Crippen LogP contribution in [0.2, 0.25) is 10.0 Å². The van der Waals surface area contributed by atoms with Gasteiger partial charge in [0.25, 0.3) is 0 Å². The second-order valence-corrected chi connectivity index (χ2v) is 8.95. The molecule has 7 nitrogen and oxygen atoms in total. The molecule has 0 saturated carbocycles. The first-order chi connectivity index (χ1) is 13.3. The zero-order chi connectivity index (χ0) is 20.3. The molecular weight excluding hydrogens is 430 g/mol. The van der Waals surface area contributed by atoms with E-state index in [1.54, 1.807) is 12.1 Å². The summed E-state index contributed by atoms with van der Waals surface area (Å²) in [5, 5.41) is 2.89. The minimum atomic E-state index is -3.77. The van der Waals surface area contributed by atoms with Crippen molar-refractivity contribution in [3.05, 3.63) is 52.4 Å². The molecule has 1 saturated heterocycles. The highest BCUT2D eigenvalue weighted by Crippen LogP contribution is 2.23. The summed E-state index contributed by atoms with van der Waals surface area (Å²) in [5.41, 5.74) is 0. The number of nitrogens with one attached hydrogen (secondary N) is 1. The van der Waals surface area contributed by atoms with Gasteiger partial charge in [0.15, 0.2) is 0 Å². The lowest BCUT2D eigenvalue weighted by Crippen LogP contribution is -2.50. The number of rotatable bonds is 5. The molecule has 0 unspecified atom stereocenters. The number of halogens is 3. The van der Waals surface area contributed by atoms with E-state index >= 15 is 0 Å². The maximum atomic E-state index is 13.3. The fourth-order valence-electron chi connectivity index (χ4n) is 2.75. The Kier molecular flexibility index (Phi) is 6.51. The van der Waals surface area contributed by atoms with E-state index in [2.05, 4.69) is 10.3 Å². The van der Waals surface area contributed by atoms with Gasteiger partial charge in [0, 0.05) is 32.4 Å². The number of hydrogen-bond acceptors (Lipinski definition) is 5. The van der Waals surface area contributed by atoms with Crippen LogP contribution in [-0.4, -0.2) is 61.2 Å². The number of nitrogens with zero attached hydrogens (tertiary/aromatic N) is 3. The van der Waals surface area contributed by atoms with Crippen molar-refractivity contribution in [2.24, 2.45) is 0 Å². The largest absolute Gasteiger partial charge is 0.310 e. The van der Waals surface area contributed by atoms with E-state index in [-0.39, 0.29) is 35.5 Å². The van der Waals surface area contributed by atoms with Crippen LogP contribution in [-0.2, 0) is 14.8 Å². The second-order valence-electron chi connectivity index (χ2n) is 6.17. The van der Waals surface area contributed by atoms with Crippen molar-refractivity contribution in [3.63, 3.8) is 0 Å². The molecule has 1 aromatic carbocycles. The molecule has 1 aliphatic rings. The summed E-state index contributed by atoms with van der Waals surface area (Å²) in [6, 6.07) is 6.54. The Morgan fingerprint density at radius 2 is 1.86 bits per heavy atom. The summed E-state index contributed by atoms with van der Waals surface area (Å²) in [5.74, 6) is -0.535. The summed E-state index contributed by atoms with van der Waals surface area (Å²) < 4.78 is 39.9. The van der Waals surface area contributed by atoms with Gasteiger partial charge in [-0.3, -0.25) is 9.69 Å². The maximum Gasteiger partial charge on any atom is 0.243 e. The molecular formula is C17H17Cl2FN4O3S. The Morgan fingerprint density at radius 1 is 1.14 bits per heavy atom. The highest BCUT2D eigenvalue weighted by Gasteiger charge is 2.29. The highest BCUT2D eigenvalue weighted by atomic mass is 35.5. The van der Waals surface area contributed by atoms with Gasteiger partial charge in [0.05, 0.1) is 21.5 Å². The predicted octanol–water partition coefficient (Wildman–Crippen LogP) is 2.47. The second kappa shape index (κ2) is 8.71. The zero-order valence-corrected chi connectivity index (χ0v) is 16.9. The number of anilines is 1. The minimum absolute atomic E-state index is 0.0566. The number of piperazine rings is 1. The summed E-state index contributed by atoms with van der Waals surface area (Å²) in [4.78, 5) is 17.9. The van der Waals surface area contributed by atoms with Gasteiger partial charge in [-0.1, -0.05) is 23.2 Å². The van der Waals surface area contributed by atoms with Gasteiger partial charge in [-0.2, -0.15) is 4.31 Å². The zero-order valence-electron chi connectivity index (χ0n) is 14.6. The van der Waals surface area contributed by atoms with Crippen LogP contribution in [0.5, 0.6) is 0 Å². The number of carbonyl (C=O) groups excluding carboxylic acids is 1. The monoisotopic (exact) mass is 446 g/mol. The molecule has 1 aliphatic heterocycles. The van der Waals surface area contributed by atoms with Crippen LogP contribution in [0.4, 0.5) is 10.2 Å². The van der Waals surface area contributed by atoms with Crippen LogP contribution in [0.25, 0.3) is 0 Å². The molecule has 0 aliphatic carbocycles. The smallest absolute Gasteiger partial charge is 0.243 e. The summed E-state index contributed by atoms with van der Waals surface area (Å²) in [7, 11) is -3.77. The number of benzene rings is 1. The minimum Gasteiger partial charge on any atom is -0.310 e. The molecule has 0 bridgehead atoms. The molecule has 0 radical (unpaired) electrons. The van der Waals surface area contributed by atoms with Gasteiger partial charge in [0.2, 0.25) is 15.9 Å². The molecule has 0 atom stereocenters. The van der Waals surface area contributed by atoms with Crippen molar-refractivity contribution in [2.75, 3.05) is 38.0 Å². The number of aromatic nitrogens is 1. The average molecular weight is 447 g/mol. The van der Waals surface area contributed by atoms with Crippen molar-refractivity contribution in [1.82, 2.24) is 14.2 Å². The fraction of sp³-hybridized carbons (Fsp3) is 0.294. The first kappa shape index (κ1) is 20.9. The Hall–Kier alpha value is -1.78. The lowest BCUT2D eigenvalue weighted by molar-refractivity contribution is -0.117. The van der Waals surface area contributed by atoms with Crippen LogP contribution in [0, 0.1) is 5.82 Å². The van der Waals surface area contributed by atoms with Gasteiger partial charge in [-0.25, -0.2) is 17.8 Å². The third kappa shape index (κ3) is 4.98. The normalized spacial score (nSPS) is 16.1. The lowest BCUT2D eigenvalue weighted by atomic mass is 10.3. The molecule has 11 heteroatoms. The molecule has 1 amide bonds. The van der Waals surface area contributed by atoms with Crippen LogP contribution < -0.4 is 5.32 Å². The quantitative estimate of drug-likeness (QED) is 0.762. The molecule has 2 aromatic rings. The molecule has 1 N–H and O–H groups in total. The molecule has 1 fully saturated rings. The van der Waals surface area contributed by atoms with Crippen molar-refractivity contribution >= 4 is 45.0 Å². The first-order valence-electron chi connectivity index (χ1n) is 8.34. The van der Waals surface area contributed by atoms with Crippen molar-refractivity contribution in [2.45, 2.75) is 4.90 Å². The predicted molar refractivity (Wildman–Crippen MR) is 104 cm³/mol. The Labute approximate surface area is 172 Å². The van der Waals surface area contributed by atoms with Crippen LogP contribution in [0.3, 0.4) is 0 Å². The molecule has 0 spiro atoms. The third-order valence-electron chi connectivity index (χ3n) is 4.22. The fourth-order valence-corrected chi connectivity index (χ4v) is 4.56. The van der Waals surface area contributed by atoms with E-state index in [0.29, 0.717) is 23.9 Å². The molecule has 28 heavy (non-hydrogen) atoms. The first-order valence-corrected chi connectivity index (χ1v) is 10.5. The van der Waals surface area contributed by atoms with E-state index < -0.39 is 15.8 Å². The average Bonchev–Trinajstić information content (AvgIpc) is 2.66. The maximum absolute atomic E-state index is 13.3. The highest BCUT2D eigenvalue weighted by molar-refractivity contribution is 7.89. The Morgan fingerprint density at radius 3 is 2.46 bits per heavy atom. The number of pyridine rings is 1. The van der Waals surface area contributed by atoms with Crippen LogP contribution in [0.1, 0.15) is 0 Å². The van der Waals surface area contributed by atoms with E-state index in [1.807, 2.05) is 4.90 Å². The number of amides is 1. The van der Waals surface area contributed by atoms with Crippen molar-refractivity contribution in [1.29, 1.82) is 0 Å². The van der Waals surface area contributed by atoms with Gasteiger partial charge in [-0.15, -0.1) is 0 Å². The number of carbonyl (C=O) groups is 1. The summed E-state index contributed by atoms with van der Waals surface area (Å²) >= 11 is 11.4. The standard InChI is InChI=1S/C17H17Cl2FN4O3S/c18-12-1-4-16(21-10-12)22-17(25)11-23-5-7-24(8-6-23)28(26,27)13-2-3-15(20)14(19)9-13/h1-4,9-10H,5-8,11H2,(H,21,22,25). The van der Waals surface area contributed by atoms with E-state index in [0.717, 1.165) is 12.1 Å². The lowest BCUT2D eigenvalue weighted by Gasteiger charge is -2.33. The third-order valence-corrected chi connectivity index (χ3v) is 6.63. The van der Waals surface area contributed by atoms with Crippen LogP contribution >= 0.6 is 23.2 Å². The Balaban J connectivity index is 1.55. The van der Waals surface area contributed by atoms with Gasteiger partial charge in [0.1, 0.15) is 11.6 Å². The Bertz CT molecular complexity index is 965. The van der Waals surface area contributed by atoms with Crippen molar-refractivity contribution in [3.8, 4) is 0 Å². The van der Waals surface area contributed by atoms with Gasteiger partial charge in [-0.05, 0) is 30.3 Å². The van der Waals surface area contributed by atoms with Gasteiger partial charge >= 0.3 is 0 Å². The molecule has 3 rings (SSSR count). The topological polar surface area (TPSA) is 82.6 Å². The summed E-state index contributed by atoms with van der Waals surface area (Å²) in [6.45, 7) is 1.30. The van der Waals surface area contributed by atoms with E-state index in [4.69, 9.17) is 23.2 Å². The van der Waals surface area contributed by atoms with Crippen molar-refractivity contribution < 1.29 is 17.6 Å². The molecule has 2 heterocycles. The molecule has 1 aromatic heterocycles. The van der Waals surface area contributed by atoms with E-state index in [9.17, 15) is 17.6 Å². The number of sulfonamides is 1. The van der Waals surface area contributed by atoms with E-state index in [1.165, 1.54) is 16.6 Å². The summed E-state index contributed by atoms with van der Waals surface area (Å²) in [6.07, 6.45) is 1.43. The molecule has 150 valence electrons. The van der Waals surface area contributed by atoms with Crippen LogP contribution in [0.15, 0.2) is 41.4 Å².